The van der Waals surface area contributed by atoms with Crippen molar-refractivity contribution in [3.63, 3.8) is 0 Å². The summed E-state index contributed by atoms with van der Waals surface area (Å²) in [5.41, 5.74) is 2.32. The molecule has 1 aromatic carbocycles. The summed E-state index contributed by atoms with van der Waals surface area (Å²) < 4.78 is 3.05. The molecule has 1 unspecified atom stereocenters. The second-order valence-electron chi connectivity index (χ2n) is 4.37. The van der Waals surface area contributed by atoms with Gasteiger partial charge in [0.05, 0.1) is 11.7 Å². The largest absolute Gasteiger partial charge is 0.308 e. The first-order chi connectivity index (χ1) is 9.17. The molecule has 2 rings (SSSR count). The zero-order chi connectivity index (χ0) is 13.8. The van der Waals surface area contributed by atoms with Crippen LogP contribution in [-0.4, -0.2) is 16.8 Å². The molecule has 0 aliphatic carbocycles. The van der Waals surface area contributed by atoms with Crippen molar-refractivity contribution in [2.45, 2.75) is 25.9 Å². The third-order valence-corrected chi connectivity index (χ3v) is 3.96. The summed E-state index contributed by atoms with van der Waals surface area (Å²) in [5, 5.41) is 8.46. The minimum absolute atomic E-state index is 0.0979. The van der Waals surface area contributed by atoms with E-state index < -0.39 is 0 Å². The Kier molecular flexibility index (Phi) is 5.02. The average molecular weight is 343 g/mol. The van der Waals surface area contributed by atoms with E-state index in [-0.39, 0.29) is 6.04 Å². The van der Waals surface area contributed by atoms with Crippen molar-refractivity contribution in [1.82, 2.24) is 15.1 Å². The monoisotopic (exact) mass is 341 g/mol. The van der Waals surface area contributed by atoms with Gasteiger partial charge in [-0.05, 0) is 37.2 Å². The lowest BCUT2D eigenvalue weighted by Gasteiger charge is -2.20. The van der Waals surface area contributed by atoms with Gasteiger partial charge in [-0.2, -0.15) is 5.10 Å². The van der Waals surface area contributed by atoms with Crippen LogP contribution in [0.15, 0.2) is 34.9 Å². The Bertz CT molecular complexity index is 553. The Morgan fingerprint density at radius 2 is 2.21 bits per heavy atom. The third kappa shape index (κ3) is 3.19. The molecule has 102 valence electrons. The van der Waals surface area contributed by atoms with Gasteiger partial charge in [-0.1, -0.05) is 40.5 Å². The van der Waals surface area contributed by atoms with E-state index in [4.69, 9.17) is 11.6 Å². The van der Waals surface area contributed by atoms with Gasteiger partial charge in [0.25, 0.3) is 0 Å². The van der Waals surface area contributed by atoms with Crippen LogP contribution in [-0.2, 0) is 6.54 Å². The lowest BCUT2D eigenvalue weighted by molar-refractivity contribution is 0.534. The Morgan fingerprint density at radius 3 is 2.84 bits per heavy atom. The standard InChI is InChI=1S/C14H17BrClN3/c1-3-8-19-13(6-7-18-19)14(17-2)11-5-4-10(16)9-12(11)15/h4-7,9,14,17H,3,8H2,1-2H3. The van der Waals surface area contributed by atoms with E-state index in [9.17, 15) is 0 Å². The fraction of sp³-hybridized carbons (Fsp3) is 0.357. The molecule has 0 saturated carbocycles. The van der Waals surface area contributed by atoms with Crippen molar-refractivity contribution < 1.29 is 0 Å². The summed E-state index contributed by atoms with van der Waals surface area (Å²) in [4.78, 5) is 0. The SMILES string of the molecule is CCCn1nccc1C(NC)c1ccc(Cl)cc1Br. The predicted octanol–water partition coefficient (Wildman–Crippen LogP) is 4.02. The normalized spacial score (nSPS) is 12.6. The third-order valence-electron chi connectivity index (χ3n) is 3.04. The van der Waals surface area contributed by atoms with Crippen molar-refractivity contribution >= 4 is 27.5 Å². The summed E-state index contributed by atoms with van der Waals surface area (Å²) in [7, 11) is 1.95. The number of nitrogens with zero attached hydrogens (tertiary/aromatic N) is 2. The van der Waals surface area contributed by atoms with Crippen LogP contribution in [0, 0.1) is 0 Å². The van der Waals surface area contributed by atoms with E-state index in [0.29, 0.717) is 0 Å². The lowest BCUT2D eigenvalue weighted by atomic mass is 10.0. The molecule has 3 nitrogen and oxygen atoms in total. The van der Waals surface area contributed by atoms with Crippen molar-refractivity contribution in [2.75, 3.05) is 7.05 Å². The quantitative estimate of drug-likeness (QED) is 0.889. The number of hydrogen-bond donors (Lipinski definition) is 1. The lowest BCUT2D eigenvalue weighted by Crippen LogP contribution is -2.22. The molecule has 1 N–H and O–H groups in total. The fourth-order valence-corrected chi connectivity index (χ4v) is 3.10. The zero-order valence-corrected chi connectivity index (χ0v) is 13.4. The highest BCUT2D eigenvalue weighted by atomic mass is 79.9. The van der Waals surface area contributed by atoms with Gasteiger partial charge in [0.15, 0.2) is 0 Å². The van der Waals surface area contributed by atoms with Gasteiger partial charge in [0, 0.05) is 22.2 Å². The van der Waals surface area contributed by atoms with Crippen LogP contribution in [0.25, 0.3) is 0 Å². The Morgan fingerprint density at radius 1 is 1.42 bits per heavy atom. The molecule has 1 atom stereocenters. The van der Waals surface area contributed by atoms with Crippen LogP contribution in [0.4, 0.5) is 0 Å². The molecule has 2 aromatic rings. The topological polar surface area (TPSA) is 29.9 Å². The Hall–Kier alpha value is -0.840. The molecule has 0 aliphatic heterocycles. The van der Waals surface area contributed by atoms with Crippen LogP contribution < -0.4 is 5.32 Å². The van der Waals surface area contributed by atoms with E-state index in [1.54, 1.807) is 0 Å². The maximum atomic E-state index is 6.00. The smallest absolute Gasteiger partial charge is 0.0756 e. The van der Waals surface area contributed by atoms with Gasteiger partial charge in [-0.15, -0.1) is 0 Å². The Balaban J connectivity index is 2.41. The molecule has 0 fully saturated rings. The Labute approximate surface area is 127 Å². The maximum Gasteiger partial charge on any atom is 0.0756 e. The zero-order valence-electron chi connectivity index (χ0n) is 11.0. The van der Waals surface area contributed by atoms with Crippen LogP contribution in [0.3, 0.4) is 0 Å². The number of rotatable bonds is 5. The highest BCUT2D eigenvalue weighted by molar-refractivity contribution is 9.10. The molecule has 0 bridgehead atoms. The first-order valence-corrected chi connectivity index (χ1v) is 7.48. The predicted molar refractivity (Wildman–Crippen MR) is 82.6 cm³/mol. The highest BCUT2D eigenvalue weighted by Gasteiger charge is 2.18. The van der Waals surface area contributed by atoms with Crippen molar-refractivity contribution in [2.24, 2.45) is 0 Å². The summed E-state index contributed by atoms with van der Waals surface area (Å²) in [6.07, 6.45) is 2.91. The van der Waals surface area contributed by atoms with E-state index in [0.717, 1.165) is 33.7 Å². The minimum atomic E-state index is 0.0979. The average Bonchev–Trinajstić information content (AvgIpc) is 2.82. The molecule has 19 heavy (non-hydrogen) atoms. The number of aromatic nitrogens is 2. The molecular formula is C14H17BrClN3. The minimum Gasteiger partial charge on any atom is -0.308 e. The van der Waals surface area contributed by atoms with E-state index in [2.05, 4.69) is 39.3 Å². The van der Waals surface area contributed by atoms with E-state index in [1.165, 1.54) is 0 Å². The first-order valence-electron chi connectivity index (χ1n) is 6.31. The van der Waals surface area contributed by atoms with Crippen molar-refractivity contribution in [3.8, 4) is 0 Å². The van der Waals surface area contributed by atoms with Crippen LogP contribution in [0.2, 0.25) is 5.02 Å². The fourth-order valence-electron chi connectivity index (χ4n) is 2.19. The molecule has 0 radical (unpaired) electrons. The van der Waals surface area contributed by atoms with E-state index in [1.807, 2.05) is 36.1 Å². The van der Waals surface area contributed by atoms with Gasteiger partial charge < -0.3 is 5.32 Å². The highest BCUT2D eigenvalue weighted by Crippen LogP contribution is 2.30. The van der Waals surface area contributed by atoms with Crippen molar-refractivity contribution in [1.29, 1.82) is 0 Å². The number of hydrogen-bond acceptors (Lipinski definition) is 2. The summed E-state index contributed by atoms with van der Waals surface area (Å²) in [5.74, 6) is 0. The van der Waals surface area contributed by atoms with Gasteiger partial charge in [0.1, 0.15) is 0 Å². The van der Waals surface area contributed by atoms with Gasteiger partial charge in [-0.3, -0.25) is 4.68 Å². The van der Waals surface area contributed by atoms with Gasteiger partial charge in [-0.25, -0.2) is 0 Å². The summed E-state index contributed by atoms with van der Waals surface area (Å²) >= 11 is 9.59. The number of nitrogens with one attached hydrogen (secondary N) is 1. The molecule has 1 heterocycles. The van der Waals surface area contributed by atoms with E-state index >= 15 is 0 Å². The van der Waals surface area contributed by atoms with Crippen molar-refractivity contribution in [3.05, 3.63) is 51.2 Å². The second kappa shape index (κ2) is 6.55. The van der Waals surface area contributed by atoms with Gasteiger partial charge in [0.2, 0.25) is 0 Å². The molecule has 0 aliphatic rings. The maximum absolute atomic E-state index is 6.00. The van der Waals surface area contributed by atoms with Crippen LogP contribution in [0.1, 0.15) is 30.6 Å². The summed E-state index contributed by atoms with van der Waals surface area (Å²) in [6, 6.07) is 8.02. The van der Waals surface area contributed by atoms with Crippen LogP contribution in [0.5, 0.6) is 0 Å². The second-order valence-corrected chi connectivity index (χ2v) is 5.66. The van der Waals surface area contributed by atoms with Gasteiger partial charge >= 0.3 is 0 Å². The summed E-state index contributed by atoms with van der Waals surface area (Å²) in [6.45, 7) is 3.07. The molecule has 0 spiro atoms. The molecule has 5 heteroatoms. The molecule has 0 saturated heterocycles. The number of halogens is 2. The first kappa shape index (κ1) is 14.6. The number of benzene rings is 1. The molecule has 0 amide bonds. The van der Waals surface area contributed by atoms with Crippen LogP contribution >= 0.6 is 27.5 Å². The molecule has 1 aromatic heterocycles. The molecular weight excluding hydrogens is 326 g/mol. The number of aryl methyl sites for hydroxylation is 1.